The highest BCUT2D eigenvalue weighted by Gasteiger charge is 2.55. The maximum absolute atomic E-state index is 12.7. The lowest BCUT2D eigenvalue weighted by atomic mass is 10.1. The minimum atomic E-state index is -3.53. The second kappa shape index (κ2) is 5.10. The fourth-order valence-corrected chi connectivity index (χ4v) is 5.25. The van der Waals surface area contributed by atoms with Crippen LogP contribution in [0.2, 0.25) is 0 Å². The van der Waals surface area contributed by atoms with Crippen molar-refractivity contribution in [1.29, 1.82) is 0 Å². The van der Waals surface area contributed by atoms with Gasteiger partial charge in [0.25, 0.3) is 0 Å². The lowest BCUT2D eigenvalue weighted by Gasteiger charge is -2.24. The van der Waals surface area contributed by atoms with Gasteiger partial charge in [0.05, 0.1) is 24.3 Å². The zero-order valence-corrected chi connectivity index (χ0v) is 12.6. The molecule has 1 aliphatic carbocycles. The van der Waals surface area contributed by atoms with Crippen LogP contribution in [0.15, 0.2) is 16.9 Å². The van der Waals surface area contributed by atoms with E-state index in [1.54, 1.807) is 6.07 Å². The molecule has 2 heterocycles. The molecule has 1 aromatic rings. The van der Waals surface area contributed by atoms with Gasteiger partial charge in [-0.2, -0.15) is 4.31 Å². The summed E-state index contributed by atoms with van der Waals surface area (Å²) in [4.78, 5) is 11.8. The monoisotopic (exact) mass is 314 g/mol. The van der Waals surface area contributed by atoms with Crippen LogP contribution in [0.3, 0.4) is 0 Å². The summed E-state index contributed by atoms with van der Waals surface area (Å²) in [5, 5.41) is 3.85. The van der Waals surface area contributed by atoms with Crippen LogP contribution in [0.25, 0.3) is 0 Å². The van der Waals surface area contributed by atoms with Crippen molar-refractivity contribution in [3.05, 3.63) is 18.0 Å². The van der Waals surface area contributed by atoms with Crippen molar-refractivity contribution in [3.63, 3.8) is 0 Å². The normalized spacial score (nSPS) is 24.9. The number of esters is 1. The molecule has 0 amide bonds. The number of methoxy groups -OCH3 is 1. The fraction of sp³-hybridized carbons (Fsp3) is 0.692. The zero-order valence-electron chi connectivity index (χ0n) is 11.8. The molecule has 1 aromatic heterocycles. The van der Waals surface area contributed by atoms with Crippen molar-refractivity contribution >= 4 is 16.0 Å². The standard InChI is InChI=1S/C13H18N2O5S/c1-19-12(16)13(5-6-13)9-21(17,18)15-7-2-3-11(15)10-4-8-20-14-10/h4,8,11H,2-3,5-7,9H2,1H3/t11-/m1/s1. The third-order valence-corrected chi connectivity index (χ3v) is 6.36. The Morgan fingerprint density at radius 3 is 2.90 bits per heavy atom. The lowest BCUT2D eigenvalue weighted by molar-refractivity contribution is -0.146. The summed E-state index contributed by atoms with van der Waals surface area (Å²) in [5.74, 6) is -0.607. The Kier molecular flexibility index (Phi) is 3.53. The van der Waals surface area contributed by atoms with E-state index in [0.29, 0.717) is 25.1 Å². The Morgan fingerprint density at radius 1 is 1.57 bits per heavy atom. The number of sulfonamides is 1. The van der Waals surface area contributed by atoms with Gasteiger partial charge in [0.15, 0.2) is 0 Å². The number of carbonyl (C=O) groups is 1. The fourth-order valence-electron chi connectivity index (χ4n) is 2.97. The van der Waals surface area contributed by atoms with E-state index in [1.807, 2.05) is 0 Å². The Labute approximate surface area is 123 Å². The van der Waals surface area contributed by atoms with Crippen LogP contribution in [0, 0.1) is 5.41 Å². The second-order valence-corrected chi connectivity index (χ2v) is 7.64. The van der Waals surface area contributed by atoms with Crippen molar-refractivity contribution in [3.8, 4) is 0 Å². The summed E-state index contributed by atoms with van der Waals surface area (Å²) >= 11 is 0. The van der Waals surface area contributed by atoms with Crippen LogP contribution in [-0.2, 0) is 19.6 Å². The molecule has 0 aromatic carbocycles. The van der Waals surface area contributed by atoms with Crippen molar-refractivity contribution in [2.45, 2.75) is 31.7 Å². The van der Waals surface area contributed by atoms with Gasteiger partial charge in [0, 0.05) is 12.6 Å². The van der Waals surface area contributed by atoms with Gasteiger partial charge >= 0.3 is 5.97 Å². The molecule has 1 saturated heterocycles. The average molecular weight is 314 g/mol. The van der Waals surface area contributed by atoms with Gasteiger partial charge in [-0.15, -0.1) is 0 Å². The van der Waals surface area contributed by atoms with Gasteiger partial charge in [0.1, 0.15) is 12.0 Å². The first kappa shape index (κ1) is 14.5. The smallest absolute Gasteiger partial charge is 0.312 e. The van der Waals surface area contributed by atoms with Gasteiger partial charge in [0.2, 0.25) is 10.0 Å². The molecule has 2 aliphatic rings. The van der Waals surface area contributed by atoms with E-state index in [9.17, 15) is 13.2 Å². The molecule has 0 N–H and O–H groups in total. The highest BCUT2D eigenvalue weighted by atomic mass is 32.2. The van der Waals surface area contributed by atoms with Gasteiger partial charge in [-0.1, -0.05) is 5.16 Å². The van der Waals surface area contributed by atoms with E-state index in [2.05, 4.69) is 5.16 Å². The largest absolute Gasteiger partial charge is 0.469 e. The Bertz CT molecular complexity index is 621. The third-order valence-electron chi connectivity index (χ3n) is 4.29. The highest BCUT2D eigenvalue weighted by molar-refractivity contribution is 7.89. The number of rotatable bonds is 5. The molecule has 1 aliphatic heterocycles. The van der Waals surface area contributed by atoms with Crippen LogP contribution in [0.4, 0.5) is 0 Å². The van der Waals surface area contributed by atoms with E-state index in [1.165, 1.54) is 17.7 Å². The van der Waals surface area contributed by atoms with Crippen molar-refractivity contribution in [2.75, 3.05) is 19.4 Å². The predicted octanol–water partition coefficient (Wildman–Crippen LogP) is 1.09. The molecule has 1 saturated carbocycles. The van der Waals surface area contributed by atoms with E-state index < -0.39 is 21.4 Å². The number of nitrogens with zero attached hydrogens (tertiary/aromatic N) is 2. The van der Waals surface area contributed by atoms with Gasteiger partial charge in [-0.25, -0.2) is 8.42 Å². The van der Waals surface area contributed by atoms with Crippen LogP contribution in [0.5, 0.6) is 0 Å². The Morgan fingerprint density at radius 2 is 2.33 bits per heavy atom. The molecule has 0 radical (unpaired) electrons. The summed E-state index contributed by atoms with van der Waals surface area (Å²) in [6.07, 6.45) is 4.08. The van der Waals surface area contributed by atoms with E-state index in [4.69, 9.17) is 9.26 Å². The maximum Gasteiger partial charge on any atom is 0.312 e. The first-order chi connectivity index (χ1) is 9.98. The van der Waals surface area contributed by atoms with E-state index in [0.717, 1.165) is 12.8 Å². The first-order valence-corrected chi connectivity index (χ1v) is 8.58. The number of hydrogen-bond donors (Lipinski definition) is 0. The van der Waals surface area contributed by atoms with Crippen LogP contribution < -0.4 is 0 Å². The minimum Gasteiger partial charge on any atom is -0.469 e. The minimum absolute atomic E-state index is 0.180. The molecule has 0 spiro atoms. The molecule has 0 bridgehead atoms. The van der Waals surface area contributed by atoms with Crippen molar-refractivity contribution < 1.29 is 22.5 Å². The lowest BCUT2D eigenvalue weighted by Crippen LogP contribution is -2.38. The highest BCUT2D eigenvalue weighted by Crippen LogP contribution is 2.49. The summed E-state index contributed by atoms with van der Waals surface area (Å²) in [6.45, 7) is 0.455. The van der Waals surface area contributed by atoms with Crippen LogP contribution >= 0.6 is 0 Å². The molecule has 116 valence electrons. The summed E-state index contributed by atoms with van der Waals surface area (Å²) in [6, 6.07) is 1.40. The SMILES string of the molecule is COC(=O)C1(CS(=O)(=O)N2CCC[C@@H]2c2ccon2)CC1. The summed E-state index contributed by atoms with van der Waals surface area (Å²) in [7, 11) is -2.24. The molecule has 0 unspecified atom stereocenters. The summed E-state index contributed by atoms with van der Waals surface area (Å²) < 4.78 is 36.3. The van der Waals surface area contributed by atoms with Crippen molar-refractivity contribution in [1.82, 2.24) is 9.46 Å². The second-order valence-electron chi connectivity index (χ2n) is 5.72. The predicted molar refractivity (Wildman–Crippen MR) is 72.7 cm³/mol. The molecular formula is C13H18N2O5S. The average Bonchev–Trinajstić information content (AvgIpc) is 2.90. The van der Waals surface area contributed by atoms with E-state index >= 15 is 0 Å². The summed E-state index contributed by atoms with van der Waals surface area (Å²) in [5.41, 5.74) is -0.219. The molecule has 1 atom stereocenters. The van der Waals surface area contributed by atoms with E-state index in [-0.39, 0.29) is 11.8 Å². The Hall–Kier alpha value is -1.41. The quantitative estimate of drug-likeness (QED) is 0.756. The van der Waals surface area contributed by atoms with Crippen LogP contribution in [0.1, 0.15) is 37.4 Å². The molecular weight excluding hydrogens is 296 g/mol. The molecule has 3 rings (SSSR count). The molecule has 21 heavy (non-hydrogen) atoms. The van der Waals surface area contributed by atoms with Gasteiger partial charge in [-0.05, 0) is 25.7 Å². The number of carbonyl (C=O) groups excluding carboxylic acids is 1. The first-order valence-electron chi connectivity index (χ1n) is 6.97. The maximum atomic E-state index is 12.7. The number of aromatic nitrogens is 1. The topological polar surface area (TPSA) is 89.7 Å². The third kappa shape index (κ3) is 2.57. The Balaban J connectivity index is 1.80. The van der Waals surface area contributed by atoms with Crippen LogP contribution in [-0.4, -0.2) is 43.3 Å². The molecule has 2 fully saturated rings. The zero-order chi connectivity index (χ0) is 15.1. The van der Waals surface area contributed by atoms with Gasteiger partial charge in [-0.3, -0.25) is 4.79 Å². The van der Waals surface area contributed by atoms with Crippen molar-refractivity contribution in [2.24, 2.45) is 5.41 Å². The molecule has 7 nitrogen and oxygen atoms in total. The number of ether oxygens (including phenoxy) is 1. The molecule has 8 heteroatoms. The number of hydrogen-bond acceptors (Lipinski definition) is 6. The van der Waals surface area contributed by atoms with Gasteiger partial charge < -0.3 is 9.26 Å².